The molecule has 106 valence electrons. The van der Waals surface area contributed by atoms with Gasteiger partial charge in [0.05, 0.1) is 10.0 Å². The van der Waals surface area contributed by atoms with Crippen LogP contribution < -0.4 is 10.5 Å². The Morgan fingerprint density at radius 1 is 1.42 bits per heavy atom. The summed E-state index contributed by atoms with van der Waals surface area (Å²) in [7, 11) is 0. The summed E-state index contributed by atoms with van der Waals surface area (Å²) in [6.45, 7) is 2.58. The van der Waals surface area contributed by atoms with Crippen molar-refractivity contribution in [3.05, 3.63) is 28.2 Å². The van der Waals surface area contributed by atoms with Crippen LogP contribution in [0.3, 0.4) is 0 Å². The van der Waals surface area contributed by atoms with Gasteiger partial charge in [-0.15, -0.1) is 0 Å². The van der Waals surface area contributed by atoms with Crippen molar-refractivity contribution in [1.82, 2.24) is 4.90 Å². The monoisotopic (exact) mass is 304 g/mol. The molecule has 0 aromatic heterocycles. The van der Waals surface area contributed by atoms with Crippen LogP contribution in [0.2, 0.25) is 10.0 Å². The summed E-state index contributed by atoms with van der Waals surface area (Å²) in [6, 6.07) is 5.27. The third kappa shape index (κ3) is 4.51. The number of nitrogens with two attached hydrogens (primary N) is 1. The van der Waals surface area contributed by atoms with E-state index >= 15 is 0 Å². The second kappa shape index (κ2) is 6.77. The van der Waals surface area contributed by atoms with Crippen LogP contribution in [0.1, 0.15) is 6.42 Å². The quantitative estimate of drug-likeness (QED) is 0.870. The number of rotatable bonds is 5. The Hall–Kier alpha value is -0.520. The molecule has 4 nitrogen and oxygen atoms in total. The van der Waals surface area contributed by atoms with Crippen molar-refractivity contribution in [2.24, 2.45) is 5.73 Å². The summed E-state index contributed by atoms with van der Waals surface area (Å²) in [4.78, 5) is 2.15. The van der Waals surface area contributed by atoms with Crippen LogP contribution in [0.15, 0.2) is 18.2 Å². The first kappa shape index (κ1) is 14.9. The highest BCUT2D eigenvalue weighted by Gasteiger charge is 2.21. The molecule has 1 unspecified atom stereocenters. The zero-order valence-electron chi connectivity index (χ0n) is 10.6. The summed E-state index contributed by atoms with van der Waals surface area (Å²) in [5.74, 6) is 0.603. The molecule has 0 aliphatic carbocycles. The largest absolute Gasteiger partial charge is 0.491 e. The molecule has 2 rings (SSSR count). The fourth-order valence-corrected chi connectivity index (χ4v) is 2.43. The molecule has 6 heteroatoms. The van der Waals surface area contributed by atoms with Crippen molar-refractivity contribution >= 4 is 23.2 Å². The molecular formula is C13H18Cl2N2O2. The van der Waals surface area contributed by atoms with Crippen molar-refractivity contribution < 1.29 is 9.84 Å². The second-order valence-electron chi connectivity index (χ2n) is 4.85. The lowest BCUT2D eigenvalue weighted by molar-refractivity contribution is 0.0755. The Morgan fingerprint density at radius 3 is 2.84 bits per heavy atom. The molecule has 0 saturated carbocycles. The number of nitrogens with zero attached hydrogens (tertiary/aromatic N) is 1. The molecule has 2 atom stereocenters. The first-order chi connectivity index (χ1) is 9.04. The smallest absolute Gasteiger partial charge is 0.121 e. The molecule has 1 heterocycles. The Labute approximate surface area is 123 Å². The fourth-order valence-electron chi connectivity index (χ4n) is 2.14. The van der Waals surface area contributed by atoms with E-state index in [0.717, 1.165) is 19.5 Å². The number of aliphatic hydroxyl groups is 1. The van der Waals surface area contributed by atoms with E-state index in [1.807, 2.05) is 0 Å². The first-order valence-electron chi connectivity index (χ1n) is 6.28. The van der Waals surface area contributed by atoms with Crippen molar-refractivity contribution in [3.63, 3.8) is 0 Å². The van der Waals surface area contributed by atoms with Gasteiger partial charge in [0.15, 0.2) is 0 Å². The molecule has 0 bridgehead atoms. The van der Waals surface area contributed by atoms with Crippen LogP contribution in [0, 0.1) is 0 Å². The molecule has 1 aromatic rings. The van der Waals surface area contributed by atoms with Gasteiger partial charge in [0.1, 0.15) is 18.5 Å². The third-order valence-electron chi connectivity index (χ3n) is 3.11. The van der Waals surface area contributed by atoms with Gasteiger partial charge in [-0.2, -0.15) is 0 Å². The summed E-state index contributed by atoms with van der Waals surface area (Å²) >= 11 is 11.7. The minimum atomic E-state index is -0.542. The van der Waals surface area contributed by atoms with E-state index in [4.69, 9.17) is 33.7 Å². The lowest BCUT2D eigenvalue weighted by atomic mass is 10.3. The number of likely N-dealkylation sites (tertiary alicyclic amines) is 1. The van der Waals surface area contributed by atoms with E-state index in [1.165, 1.54) is 0 Å². The molecular weight excluding hydrogens is 287 g/mol. The molecule has 19 heavy (non-hydrogen) atoms. The van der Waals surface area contributed by atoms with Crippen molar-refractivity contribution in [2.45, 2.75) is 18.6 Å². The van der Waals surface area contributed by atoms with E-state index in [0.29, 0.717) is 22.3 Å². The molecule has 1 aliphatic heterocycles. The van der Waals surface area contributed by atoms with Crippen molar-refractivity contribution in [2.75, 3.05) is 26.2 Å². The fraction of sp³-hybridized carbons (Fsp3) is 0.538. The highest BCUT2D eigenvalue weighted by atomic mass is 35.5. The number of halogens is 2. The maximum Gasteiger partial charge on any atom is 0.121 e. The van der Waals surface area contributed by atoms with Crippen LogP contribution >= 0.6 is 23.2 Å². The molecule has 0 spiro atoms. The van der Waals surface area contributed by atoms with Crippen molar-refractivity contribution in [1.29, 1.82) is 0 Å². The highest BCUT2D eigenvalue weighted by molar-refractivity contribution is 6.42. The second-order valence-corrected chi connectivity index (χ2v) is 5.66. The SMILES string of the molecule is NC1CCN(C[C@H](O)COc2ccc(Cl)c(Cl)c2)C1. The van der Waals surface area contributed by atoms with E-state index < -0.39 is 6.10 Å². The van der Waals surface area contributed by atoms with Gasteiger partial charge in [-0.3, -0.25) is 4.90 Å². The predicted molar refractivity (Wildman–Crippen MR) is 77.0 cm³/mol. The van der Waals surface area contributed by atoms with E-state index in [2.05, 4.69) is 4.90 Å². The maximum atomic E-state index is 9.91. The van der Waals surface area contributed by atoms with Gasteiger partial charge in [0.2, 0.25) is 0 Å². The van der Waals surface area contributed by atoms with Crippen LogP contribution in [0.4, 0.5) is 0 Å². The van der Waals surface area contributed by atoms with Gasteiger partial charge < -0.3 is 15.6 Å². The summed E-state index contributed by atoms with van der Waals surface area (Å²) in [5.41, 5.74) is 5.81. The first-order valence-corrected chi connectivity index (χ1v) is 7.04. The standard InChI is InChI=1S/C13H18Cl2N2O2/c14-12-2-1-11(5-13(12)15)19-8-10(18)7-17-4-3-9(16)6-17/h1-2,5,9-10,18H,3-4,6-8,16H2/t9?,10-/m0/s1. The minimum Gasteiger partial charge on any atom is -0.491 e. The van der Waals surface area contributed by atoms with E-state index in [1.54, 1.807) is 18.2 Å². The average molecular weight is 305 g/mol. The lowest BCUT2D eigenvalue weighted by Crippen LogP contribution is -2.35. The third-order valence-corrected chi connectivity index (χ3v) is 3.85. The Bertz CT molecular complexity index is 431. The normalized spacial score (nSPS) is 21.6. The molecule has 0 amide bonds. The van der Waals surface area contributed by atoms with Gasteiger partial charge >= 0.3 is 0 Å². The minimum absolute atomic E-state index is 0.225. The topological polar surface area (TPSA) is 58.7 Å². The number of benzene rings is 1. The number of ether oxygens (including phenoxy) is 1. The number of hydrogen-bond acceptors (Lipinski definition) is 4. The van der Waals surface area contributed by atoms with Gasteiger partial charge in [0, 0.05) is 25.2 Å². The molecule has 1 aromatic carbocycles. The summed E-state index contributed by atoms with van der Waals surface area (Å²) < 4.78 is 5.49. The number of aliphatic hydroxyl groups excluding tert-OH is 1. The average Bonchev–Trinajstić information content (AvgIpc) is 2.76. The predicted octanol–water partition coefficient (Wildman–Crippen LogP) is 1.77. The van der Waals surface area contributed by atoms with Crippen LogP contribution in [0.5, 0.6) is 5.75 Å². The van der Waals surface area contributed by atoms with Crippen LogP contribution in [-0.2, 0) is 0 Å². The lowest BCUT2D eigenvalue weighted by Gasteiger charge is -2.20. The van der Waals surface area contributed by atoms with Gasteiger partial charge in [-0.05, 0) is 25.1 Å². The molecule has 0 radical (unpaired) electrons. The highest BCUT2D eigenvalue weighted by Crippen LogP contribution is 2.26. The summed E-state index contributed by atoms with van der Waals surface area (Å²) in [5, 5.41) is 10.8. The molecule has 3 N–H and O–H groups in total. The van der Waals surface area contributed by atoms with Crippen molar-refractivity contribution in [3.8, 4) is 5.75 Å². The van der Waals surface area contributed by atoms with Gasteiger partial charge in [-0.25, -0.2) is 0 Å². The number of β-amino-alcohol motifs (C(OH)–C–C–N with tert-alkyl or cyclic N) is 1. The molecule has 1 aliphatic rings. The van der Waals surface area contributed by atoms with Gasteiger partial charge in [-0.1, -0.05) is 23.2 Å². The zero-order valence-corrected chi connectivity index (χ0v) is 12.1. The van der Waals surface area contributed by atoms with E-state index in [9.17, 15) is 5.11 Å². The van der Waals surface area contributed by atoms with Crippen LogP contribution in [-0.4, -0.2) is 48.4 Å². The summed E-state index contributed by atoms with van der Waals surface area (Å²) in [6.07, 6.45) is 0.445. The van der Waals surface area contributed by atoms with Crippen LogP contribution in [0.25, 0.3) is 0 Å². The van der Waals surface area contributed by atoms with Gasteiger partial charge in [0.25, 0.3) is 0 Å². The maximum absolute atomic E-state index is 9.91. The number of hydrogen-bond donors (Lipinski definition) is 2. The Morgan fingerprint density at radius 2 is 2.21 bits per heavy atom. The molecule has 1 saturated heterocycles. The van der Waals surface area contributed by atoms with E-state index in [-0.39, 0.29) is 12.6 Å². The zero-order chi connectivity index (χ0) is 13.8. The Balaban J connectivity index is 1.76. The Kier molecular flexibility index (Phi) is 5.30. The molecule has 1 fully saturated rings.